The van der Waals surface area contributed by atoms with Crippen molar-refractivity contribution in [2.75, 3.05) is 25.5 Å². The van der Waals surface area contributed by atoms with Crippen LogP contribution in [0.4, 0.5) is 5.82 Å². The first-order chi connectivity index (χ1) is 5.42. The Morgan fingerprint density at radius 1 is 1.73 bits per heavy atom. The van der Waals surface area contributed by atoms with Crippen molar-refractivity contribution in [3.63, 3.8) is 0 Å². The summed E-state index contributed by atoms with van der Waals surface area (Å²) in [7, 11) is 1.92. The number of aromatic nitrogens is 2. The second kappa shape index (κ2) is 2.54. The van der Waals surface area contributed by atoms with Crippen LogP contribution in [-0.2, 0) is 0 Å². The van der Waals surface area contributed by atoms with Crippen LogP contribution in [0.2, 0.25) is 0 Å². The summed E-state index contributed by atoms with van der Waals surface area (Å²) in [6.07, 6.45) is 1.82. The van der Waals surface area contributed by atoms with E-state index in [1.54, 1.807) is 0 Å². The van der Waals surface area contributed by atoms with Crippen molar-refractivity contribution in [2.45, 2.75) is 6.04 Å². The summed E-state index contributed by atoms with van der Waals surface area (Å²) in [4.78, 5) is 0. The minimum absolute atomic E-state index is 0.549. The summed E-state index contributed by atoms with van der Waals surface area (Å²) < 4.78 is 2.02. The van der Waals surface area contributed by atoms with Crippen LogP contribution in [0.3, 0.4) is 0 Å². The molecule has 0 unspecified atom stereocenters. The van der Waals surface area contributed by atoms with E-state index in [2.05, 4.69) is 15.7 Å². The zero-order chi connectivity index (χ0) is 7.68. The molecule has 2 N–H and O–H groups in total. The first kappa shape index (κ1) is 6.67. The Morgan fingerprint density at radius 3 is 3.09 bits per heavy atom. The quantitative estimate of drug-likeness (QED) is 0.630. The molecule has 4 nitrogen and oxygen atoms in total. The number of nitrogens with zero attached hydrogens (tertiary/aromatic N) is 2. The third-order valence-corrected chi connectivity index (χ3v) is 2.03. The largest absolute Gasteiger partial charge is 0.373 e. The molecule has 1 aromatic heterocycles. The minimum atomic E-state index is 0.549. The van der Waals surface area contributed by atoms with E-state index in [4.69, 9.17) is 0 Å². The molecule has 1 aliphatic heterocycles. The van der Waals surface area contributed by atoms with Gasteiger partial charge in [-0.2, -0.15) is 5.10 Å². The fourth-order valence-corrected chi connectivity index (χ4v) is 1.25. The molecule has 0 saturated carbocycles. The highest BCUT2D eigenvalue weighted by Gasteiger charge is 2.20. The van der Waals surface area contributed by atoms with Gasteiger partial charge in [0.25, 0.3) is 0 Å². The van der Waals surface area contributed by atoms with Gasteiger partial charge < -0.3 is 10.6 Å². The molecule has 0 radical (unpaired) electrons. The van der Waals surface area contributed by atoms with E-state index in [-0.39, 0.29) is 0 Å². The molecule has 1 fully saturated rings. The lowest BCUT2D eigenvalue weighted by atomic mass is 10.2. The third kappa shape index (κ3) is 0.991. The van der Waals surface area contributed by atoms with Crippen LogP contribution in [0.1, 0.15) is 6.04 Å². The van der Waals surface area contributed by atoms with Gasteiger partial charge in [-0.15, -0.1) is 0 Å². The van der Waals surface area contributed by atoms with Gasteiger partial charge in [-0.25, -0.2) is 4.68 Å². The lowest BCUT2D eigenvalue weighted by Gasteiger charge is -2.28. The number of nitrogens with one attached hydrogen (secondary N) is 2. The fourth-order valence-electron chi connectivity index (χ4n) is 1.25. The first-order valence-corrected chi connectivity index (χ1v) is 3.84. The highest BCUT2D eigenvalue weighted by atomic mass is 15.4. The zero-order valence-corrected chi connectivity index (χ0v) is 6.54. The average Bonchev–Trinajstić information content (AvgIpc) is 2.32. The van der Waals surface area contributed by atoms with Gasteiger partial charge in [0.05, 0.1) is 12.2 Å². The van der Waals surface area contributed by atoms with Crippen LogP contribution >= 0.6 is 0 Å². The van der Waals surface area contributed by atoms with Crippen LogP contribution in [-0.4, -0.2) is 29.9 Å². The lowest BCUT2D eigenvalue weighted by molar-refractivity contribution is 0.321. The Balaban J connectivity index is 2.20. The van der Waals surface area contributed by atoms with E-state index in [0.29, 0.717) is 6.04 Å². The van der Waals surface area contributed by atoms with Gasteiger partial charge >= 0.3 is 0 Å². The Morgan fingerprint density at radius 2 is 2.55 bits per heavy atom. The van der Waals surface area contributed by atoms with E-state index in [0.717, 1.165) is 18.9 Å². The summed E-state index contributed by atoms with van der Waals surface area (Å²) in [6, 6.07) is 2.53. The van der Waals surface area contributed by atoms with Crippen molar-refractivity contribution < 1.29 is 0 Å². The van der Waals surface area contributed by atoms with Gasteiger partial charge in [-0.05, 0) is 0 Å². The predicted molar refractivity (Wildman–Crippen MR) is 43.7 cm³/mol. The minimum Gasteiger partial charge on any atom is -0.373 e. The molecule has 0 spiro atoms. The molecule has 0 atom stereocenters. The standard InChI is InChI=1S/C7H12N4/c1-8-7-2-3-10-11(7)6-4-9-5-6/h2-3,6,8-9H,4-5H2,1H3. The van der Waals surface area contributed by atoms with Crippen LogP contribution < -0.4 is 10.6 Å². The Labute approximate surface area is 65.6 Å². The SMILES string of the molecule is CNc1ccnn1C1CNC1. The summed E-state index contributed by atoms with van der Waals surface area (Å²) >= 11 is 0. The van der Waals surface area contributed by atoms with Crippen LogP contribution in [0.25, 0.3) is 0 Å². The maximum atomic E-state index is 4.22. The molecule has 0 aromatic carbocycles. The van der Waals surface area contributed by atoms with Gasteiger partial charge in [0.15, 0.2) is 0 Å². The molecule has 0 bridgehead atoms. The molecule has 2 rings (SSSR count). The number of rotatable bonds is 2. The molecule has 60 valence electrons. The van der Waals surface area contributed by atoms with Crippen molar-refractivity contribution >= 4 is 5.82 Å². The van der Waals surface area contributed by atoms with Crippen LogP contribution in [0, 0.1) is 0 Å². The number of hydrogen-bond donors (Lipinski definition) is 2. The molecule has 0 amide bonds. The highest BCUT2D eigenvalue weighted by molar-refractivity contribution is 5.33. The smallest absolute Gasteiger partial charge is 0.124 e. The monoisotopic (exact) mass is 152 g/mol. The lowest BCUT2D eigenvalue weighted by Crippen LogP contribution is -2.44. The molecule has 0 aliphatic carbocycles. The Bertz CT molecular complexity index is 238. The van der Waals surface area contributed by atoms with Crippen molar-refractivity contribution in [3.05, 3.63) is 12.3 Å². The molecule has 2 heterocycles. The summed E-state index contributed by atoms with van der Waals surface area (Å²) in [5, 5.41) is 10.5. The third-order valence-electron chi connectivity index (χ3n) is 2.03. The van der Waals surface area contributed by atoms with Crippen molar-refractivity contribution in [2.24, 2.45) is 0 Å². The van der Waals surface area contributed by atoms with Crippen LogP contribution in [0.5, 0.6) is 0 Å². The van der Waals surface area contributed by atoms with Gasteiger partial charge in [0.2, 0.25) is 0 Å². The second-order valence-electron chi connectivity index (χ2n) is 2.72. The van der Waals surface area contributed by atoms with E-state index >= 15 is 0 Å². The maximum absolute atomic E-state index is 4.22. The van der Waals surface area contributed by atoms with Gasteiger partial charge in [-0.1, -0.05) is 0 Å². The first-order valence-electron chi connectivity index (χ1n) is 3.84. The zero-order valence-electron chi connectivity index (χ0n) is 6.54. The normalized spacial score (nSPS) is 17.9. The van der Waals surface area contributed by atoms with Crippen molar-refractivity contribution in [3.8, 4) is 0 Å². The summed E-state index contributed by atoms with van der Waals surface area (Å²) in [5.74, 6) is 1.09. The molecule has 1 aliphatic rings. The molecular weight excluding hydrogens is 140 g/mol. The van der Waals surface area contributed by atoms with Crippen LogP contribution in [0.15, 0.2) is 12.3 Å². The second-order valence-corrected chi connectivity index (χ2v) is 2.72. The Hall–Kier alpha value is -1.03. The molecular formula is C7H12N4. The molecule has 1 aromatic rings. The molecule has 4 heteroatoms. The fraction of sp³-hybridized carbons (Fsp3) is 0.571. The molecule has 11 heavy (non-hydrogen) atoms. The Kier molecular flexibility index (Phi) is 1.54. The van der Waals surface area contributed by atoms with E-state index < -0.39 is 0 Å². The average molecular weight is 152 g/mol. The van der Waals surface area contributed by atoms with E-state index in [1.807, 2.05) is 24.0 Å². The van der Waals surface area contributed by atoms with Crippen molar-refractivity contribution in [1.82, 2.24) is 15.1 Å². The summed E-state index contributed by atoms with van der Waals surface area (Å²) in [6.45, 7) is 2.08. The summed E-state index contributed by atoms with van der Waals surface area (Å²) in [5.41, 5.74) is 0. The highest BCUT2D eigenvalue weighted by Crippen LogP contribution is 2.16. The van der Waals surface area contributed by atoms with Crippen molar-refractivity contribution in [1.29, 1.82) is 0 Å². The van der Waals surface area contributed by atoms with E-state index in [9.17, 15) is 0 Å². The van der Waals surface area contributed by atoms with Gasteiger partial charge in [0, 0.05) is 26.2 Å². The number of anilines is 1. The number of hydrogen-bond acceptors (Lipinski definition) is 3. The molecule has 1 saturated heterocycles. The van der Waals surface area contributed by atoms with Gasteiger partial charge in [-0.3, -0.25) is 0 Å². The predicted octanol–water partition coefficient (Wildman–Crippen LogP) is 0.0691. The maximum Gasteiger partial charge on any atom is 0.124 e. The van der Waals surface area contributed by atoms with Gasteiger partial charge in [0.1, 0.15) is 5.82 Å². The van der Waals surface area contributed by atoms with E-state index in [1.165, 1.54) is 0 Å². The topological polar surface area (TPSA) is 41.9 Å².